The highest BCUT2D eigenvalue weighted by Gasteiger charge is 2.05. The molecule has 0 spiro atoms. The number of halogens is 2. The first-order valence-corrected chi connectivity index (χ1v) is 7.30. The maximum absolute atomic E-state index is 6.03. The number of hydrogen-bond acceptors (Lipinski definition) is 3. The van der Waals surface area contributed by atoms with E-state index in [-0.39, 0.29) is 0 Å². The molecule has 0 N–H and O–H groups in total. The molecule has 0 fully saturated rings. The van der Waals surface area contributed by atoms with Crippen LogP contribution in [-0.4, -0.2) is 20.3 Å². The first kappa shape index (κ1) is 15.8. The summed E-state index contributed by atoms with van der Waals surface area (Å²) >= 11 is 11.9. The Labute approximate surface area is 134 Å². The third-order valence-electron chi connectivity index (χ3n) is 2.77. The summed E-state index contributed by atoms with van der Waals surface area (Å²) in [6.45, 7) is 1.05. The van der Waals surface area contributed by atoms with Crippen molar-refractivity contribution in [1.29, 1.82) is 0 Å². The highest BCUT2D eigenvalue weighted by atomic mass is 35.5. The zero-order valence-corrected chi connectivity index (χ0v) is 13.2. The average molecular weight is 327 g/mol. The lowest BCUT2D eigenvalue weighted by Gasteiger charge is -2.10. The molecule has 0 heterocycles. The van der Waals surface area contributed by atoms with Crippen LogP contribution >= 0.6 is 23.2 Å². The lowest BCUT2D eigenvalue weighted by molar-refractivity contribution is 0.247. The van der Waals surface area contributed by atoms with Gasteiger partial charge in [0.2, 0.25) is 0 Å². The molecular weight excluding hydrogens is 311 g/mol. The van der Waals surface area contributed by atoms with Gasteiger partial charge in [-0.1, -0.05) is 35.3 Å². The highest BCUT2D eigenvalue weighted by Crippen LogP contribution is 2.31. The van der Waals surface area contributed by atoms with Gasteiger partial charge in [0.05, 0.1) is 25.3 Å². The molecule has 2 aromatic rings. The second kappa shape index (κ2) is 8.01. The smallest absolute Gasteiger partial charge is 0.139 e. The molecule has 0 saturated carbocycles. The van der Waals surface area contributed by atoms with E-state index < -0.39 is 0 Å². The minimum Gasteiger partial charge on any atom is -0.497 e. The molecule has 0 aliphatic rings. The summed E-state index contributed by atoms with van der Waals surface area (Å²) in [5, 5.41) is 0.926. The molecule has 3 nitrogen and oxygen atoms in total. The number of hydrogen-bond donors (Lipinski definition) is 0. The summed E-state index contributed by atoms with van der Waals surface area (Å²) in [6.07, 6.45) is 0.736. The third kappa shape index (κ3) is 4.73. The average Bonchev–Trinajstić information content (AvgIpc) is 2.51. The van der Waals surface area contributed by atoms with Crippen LogP contribution in [0.25, 0.3) is 0 Å². The van der Waals surface area contributed by atoms with Gasteiger partial charge in [0, 0.05) is 12.5 Å². The van der Waals surface area contributed by atoms with E-state index in [2.05, 4.69) is 0 Å². The zero-order chi connectivity index (χ0) is 15.1. The van der Waals surface area contributed by atoms with Crippen LogP contribution in [-0.2, 0) is 0 Å². The molecule has 0 aliphatic heterocycles. The van der Waals surface area contributed by atoms with Crippen molar-refractivity contribution in [1.82, 2.24) is 0 Å². The molecule has 0 atom stereocenters. The van der Waals surface area contributed by atoms with Crippen molar-refractivity contribution >= 4 is 23.2 Å². The van der Waals surface area contributed by atoms with Crippen LogP contribution in [0.15, 0.2) is 42.5 Å². The second-order valence-electron chi connectivity index (χ2n) is 4.28. The van der Waals surface area contributed by atoms with E-state index in [0.29, 0.717) is 29.0 Å². The van der Waals surface area contributed by atoms with Gasteiger partial charge in [-0.05, 0) is 24.3 Å². The summed E-state index contributed by atoms with van der Waals surface area (Å²) in [7, 11) is 1.63. The van der Waals surface area contributed by atoms with Crippen molar-refractivity contribution in [2.45, 2.75) is 6.42 Å². The largest absolute Gasteiger partial charge is 0.497 e. The van der Waals surface area contributed by atoms with E-state index >= 15 is 0 Å². The number of benzene rings is 2. The van der Waals surface area contributed by atoms with Crippen molar-refractivity contribution in [2.24, 2.45) is 0 Å². The van der Waals surface area contributed by atoms with E-state index in [0.717, 1.165) is 17.9 Å². The van der Waals surface area contributed by atoms with Gasteiger partial charge in [-0.25, -0.2) is 0 Å². The summed E-state index contributed by atoms with van der Waals surface area (Å²) in [5.41, 5.74) is 0. The van der Waals surface area contributed by atoms with E-state index in [4.69, 9.17) is 37.4 Å². The Morgan fingerprint density at radius 3 is 2.43 bits per heavy atom. The zero-order valence-electron chi connectivity index (χ0n) is 11.6. The van der Waals surface area contributed by atoms with Gasteiger partial charge < -0.3 is 14.2 Å². The molecule has 21 heavy (non-hydrogen) atoms. The van der Waals surface area contributed by atoms with Crippen LogP contribution in [0.2, 0.25) is 10.0 Å². The molecule has 112 valence electrons. The second-order valence-corrected chi connectivity index (χ2v) is 5.07. The predicted octanol–water partition coefficient (Wildman–Crippen LogP) is 4.85. The van der Waals surface area contributed by atoms with Crippen LogP contribution in [0.1, 0.15) is 6.42 Å². The molecule has 0 radical (unpaired) electrons. The lowest BCUT2D eigenvalue weighted by atomic mass is 10.3. The van der Waals surface area contributed by atoms with Gasteiger partial charge in [-0.15, -0.1) is 0 Å². The molecule has 0 unspecified atom stereocenters. The van der Waals surface area contributed by atoms with Gasteiger partial charge in [0.1, 0.15) is 22.3 Å². The molecule has 0 saturated heterocycles. The van der Waals surface area contributed by atoms with Crippen molar-refractivity contribution in [3.8, 4) is 17.2 Å². The predicted molar refractivity (Wildman–Crippen MR) is 85.1 cm³/mol. The van der Waals surface area contributed by atoms with Crippen LogP contribution in [0, 0.1) is 0 Å². The molecule has 0 aliphatic carbocycles. The van der Waals surface area contributed by atoms with E-state index in [1.54, 1.807) is 25.3 Å². The topological polar surface area (TPSA) is 27.7 Å². The van der Waals surface area contributed by atoms with Crippen LogP contribution in [0.5, 0.6) is 17.2 Å². The molecule has 0 amide bonds. The van der Waals surface area contributed by atoms with E-state index in [1.165, 1.54) is 0 Å². The Kier molecular flexibility index (Phi) is 6.03. The SMILES string of the molecule is COc1cccc(OCCCOc2cccc(Cl)c2Cl)c1. The first-order valence-electron chi connectivity index (χ1n) is 6.54. The Morgan fingerprint density at radius 2 is 1.62 bits per heavy atom. The van der Waals surface area contributed by atoms with Crippen LogP contribution < -0.4 is 14.2 Å². The fraction of sp³-hybridized carbons (Fsp3) is 0.250. The number of rotatable bonds is 7. The first-order chi connectivity index (χ1) is 10.2. The normalized spacial score (nSPS) is 10.2. The summed E-state index contributed by atoms with van der Waals surface area (Å²) in [4.78, 5) is 0. The van der Waals surface area contributed by atoms with E-state index in [9.17, 15) is 0 Å². The van der Waals surface area contributed by atoms with Crippen molar-refractivity contribution in [3.05, 3.63) is 52.5 Å². The van der Waals surface area contributed by atoms with Gasteiger partial charge in [-0.2, -0.15) is 0 Å². The lowest BCUT2D eigenvalue weighted by Crippen LogP contribution is -2.05. The van der Waals surface area contributed by atoms with Gasteiger partial charge >= 0.3 is 0 Å². The maximum atomic E-state index is 6.03. The molecule has 5 heteroatoms. The fourth-order valence-electron chi connectivity index (χ4n) is 1.72. The van der Waals surface area contributed by atoms with Gasteiger partial charge in [-0.3, -0.25) is 0 Å². The van der Waals surface area contributed by atoms with Gasteiger partial charge in [0.15, 0.2) is 0 Å². The Bertz CT molecular complexity index is 587. The summed E-state index contributed by atoms with van der Waals surface area (Å²) in [5.74, 6) is 2.13. The Hall–Kier alpha value is -1.58. The van der Waals surface area contributed by atoms with Crippen molar-refractivity contribution < 1.29 is 14.2 Å². The van der Waals surface area contributed by atoms with Crippen molar-refractivity contribution in [2.75, 3.05) is 20.3 Å². The molecule has 0 aromatic heterocycles. The van der Waals surface area contributed by atoms with Crippen molar-refractivity contribution in [3.63, 3.8) is 0 Å². The standard InChI is InChI=1S/C16H16Cl2O3/c1-19-12-5-2-6-13(11-12)20-9-4-10-21-15-8-3-7-14(17)16(15)18/h2-3,5-8,11H,4,9-10H2,1H3. The molecule has 2 rings (SSSR count). The Morgan fingerprint density at radius 1 is 0.905 bits per heavy atom. The summed E-state index contributed by atoms with van der Waals surface area (Å²) in [6, 6.07) is 12.8. The minimum absolute atomic E-state index is 0.438. The maximum Gasteiger partial charge on any atom is 0.139 e. The summed E-state index contributed by atoms with van der Waals surface area (Å²) < 4.78 is 16.3. The molecular formula is C16H16Cl2O3. The molecule has 0 bridgehead atoms. The fourth-order valence-corrected chi connectivity index (χ4v) is 2.06. The quantitative estimate of drug-likeness (QED) is 0.681. The van der Waals surface area contributed by atoms with Crippen LogP contribution in [0.4, 0.5) is 0 Å². The number of methoxy groups -OCH3 is 1. The monoisotopic (exact) mass is 326 g/mol. The van der Waals surface area contributed by atoms with Gasteiger partial charge in [0.25, 0.3) is 0 Å². The minimum atomic E-state index is 0.438. The molecule has 2 aromatic carbocycles. The van der Waals surface area contributed by atoms with E-state index in [1.807, 2.05) is 24.3 Å². The van der Waals surface area contributed by atoms with Crippen LogP contribution in [0.3, 0.4) is 0 Å². The number of ether oxygens (including phenoxy) is 3. The highest BCUT2D eigenvalue weighted by molar-refractivity contribution is 6.42. The third-order valence-corrected chi connectivity index (χ3v) is 3.57. The Balaban J connectivity index is 1.73.